The minimum absolute atomic E-state index is 0.0541. The number of rotatable bonds is 2. The number of nitrogens with zero attached hydrogens (tertiary/aromatic N) is 1. The molecule has 0 aliphatic heterocycles. The van der Waals surface area contributed by atoms with E-state index in [1.165, 1.54) is 24.3 Å². The summed E-state index contributed by atoms with van der Waals surface area (Å²) in [5.41, 5.74) is 6.35. The number of aromatic hydroxyl groups is 1. The van der Waals surface area contributed by atoms with E-state index < -0.39 is 5.91 Å². The first-order valence-electron chi connectivity index (χ1n) is 5.61. The number of phenols is 1. The predicted molar refractivity (Wildman–Crippen MR) is 76.6 cm³/mol. The van der Waals surface area contributed by atoms with Gasteiger partial charge in [0, 0.05) is 5.69 Å². The molecular formula is C14H10ClN3O2. The zero-order valence-corrected chi connectivity index (χ0v) is 11.0. The average Bonchev–Trinajstić information content (AvgIpc) is 2.43. The van der Waals surface area contributed by atoms with Crippen molar-refractivity contribution in [2.45, 2.75) is 0 Å². The third kappa shape index (κ3) is 2.66. The first-order valence-corrected chi connectivity index (χ1v) is 5.99. The molecule has 4 N–H and O–H groups in total. The minimum atomic E-state index is -0.527. The van der Waals surface area contributed by atoms with Crippen LogP contribution in [-0.2, 0) is 0 Å². The van der Waals surface area contributed by atoms with Crippen LogP contribution in [0.3, 0.4) is 0 Å². The number of nitrogens with two attached hydrogens (primary N) is 1. The van der Waals surface area contributed by atoms with Crippen molar-refractivity contribution in [1.29, 1.82) is 5.26 Å². The van der Waals surface area contributed by atoms with Crippen LogP contribution < -0.4 is 11.1 Å². The lowest BCUT2D eigenvalue weighted by atomic mass is 10.1. The Morgan fingerprint density at radius 1 is 1.35 bits per heavy atom. The van der Waals surface area contributed by atoms with E-state index in [1.807, 2.05) is 6.07 Å². The summed E-state index contributed by atoms with van der Waals surface area (Å²) in [4.78, 5) is 12.0. The Morgan fingerprint density at radius 3 is 2.80 bits per heavy atom. The van der Waals surface area contributed by atoms with Crippen LogP contribution in [0.5, 0.6) is 5.75 Å². The Balaban J connectivity index is 2.29. The fourth-order valence-electron chi connectivity index (χ4n) is 1.63. The minimum Gasteiger partial charge on any atom is -0.505 e. The lowest BCUT2D eigenvalue weighted by molar-refractivity contribution is 0.102. The number of hydrogen-bond donors (Lipinski definition) is 3. The van der Waals surface area contributed by atoms with Crippen LogP contribution in [0.2, 0.25) is 5.02 Å². The molecule has 1 amide bonds. The Labute approximate surface area is 120 Å². The van der Waals surface area contributed by atoms with Gasteiger partial charge in [0.05, 0.1) is 21.8 Å². The number of carbonyl (C=O) groups is 1. The van der Waals surface area contributed by atoms with E-state index in [0.29, 0.717) is 10.7 Å². The van der Waals surface area contributed by atoms with E-state index in [9.17, 15) is 9.90 Å². The molecule has 0 aliphatic carbocycles. The molecule has 0 unspecified atom stereocenters. The number of hydrogen-bond acceptors (Lipinski definition) is 4. The molecule has 5 nitrogen and oxygen atoms in total. The monoisotopic (exact) mass is 287 g/mol. The molecule has 0 bridgehead atoms. The topological polar surface area (TPSA) is 99.1 Å². The summed E-state index contributed by atoms with van der Waals surface area (Å²) >= 11 is 5.80. The summed E-state index contributed by atoms with van der Waals surface area (Å²) in [6, 6.07) is 10.9. The van der Waals surface area contributed by atoms with Crippen LogP contribution in [0.15, 0.2) is 36.4 Å². The van der Waals surface area contributed by atoms with Crippen molar-refractivity contribution in [2.75, 3.05) is 11.1 Å². The highest BCUT2D eigenvalue weighted by Gasteiger charge is 2.13. The number of halogens is 1. The lowest BCUT2D eigenvalue weighted by Gasteiger charge is -2.08. The van der Waals surface area contributed by atoms with Gasteiger partial charge in [0.1, 0.15) is 6.07 Å². The molecule has 0 saturated carbocycles. The van der Waals surface area contributed by atoms with Gasteiger partial charge in [-0.3, -0.25) is 4.79 Å². The van der Waals surface area contributed by atoms with Crippen LogP contribution in [0.25, 0.3) is 0 Å². The fourth-order valence-corrected chi connectivity index (χ4v) is 1.79. The van der Waals surface area contributed by atoms with E-state index in [1.54, 1.807) is 12.1 Å². The van der Waals surface area contributed by atoms with Gasteiger partial charge in [0.2, 0.25) is 0 Å². The van der Waals surface area contributed by atoms with Gasteiger partial charge < -0.3 is 16.2 Å². The van der Waals surface area contributed by atoms with E-state index in [0.717, 1.165) is 0 Å². The van der Waals surface area contributed by atoms with Crippen LogP contribution in [0, 0.1) is 11.3 Å². The van der Waals surface area contributed by atoms with Crippen molar-refractivity contribution in [3.05, 3.63) is 52.5 Å². The summed E-state index contributed by atoms with van der Waals surface area (Å²) in [6.45, 7) is 0. The summed E-state index contributed by atoms with van der Waals surface area (Å²) in [6.07, 6.45) is 0. The number of carbonyl (C=O) groups excluding carboxylic acids is 1. The van der Waals surface area contributed by atoms with E-state index in [2.05, 4.69) is 5.32 Å². The molecule has 0 saturated heterocycles. The van der Waals surface area contributed by atoms with Crippen LogP contribution >= 0.6 is 11.6 Å². The van der Waals surface area contributed by atoms with E-state index in [-0.39, 0.29) is 22.6 Å². The van der Waals surface area contributed by atoms with Crippen molar-refractivity contribution < 1.29 is 9.90 Å². The number of nitrogen functional groups attached to an aromatic ring is 1. The zero-order valence-electron chi connectivity index (χ0n) is 10.2. The second-order valence-corrected chi connectivity index (χ2v) is 4.41. The Morgan fingerprint density at radius 2 is 2.10 bits per heavy atom. The third-order valence-corrected chi connectivity index (χ3v) is 2.99. The van der Waals surface area contributed by atoms with Crippen molar-refractivity contribution in [3.8, 4) is 11.8 Å². The standard InChI is InChI=1S/C14H10ClN3O2/c15-11-5-4-9(6-8(11)7-16)18-14(20)10-2-1-3-12(17)13(10)19/h1-6,19H,17H2,(H,18,20). The van der Waals surface area contributed by atoms with Gasteiger partial charge in [-0.25, -0.2) is 0 Å². The second kappa shape index (κ2) is 5.51. The van der Waals surface area contributed by atoms with Crippen LogP contribution in [-0.4, -0.2) is 11.0 Å². The first-order chi connectivity index (χ1) is 9.52. The molecule has 0 spiro atoms. The Hall–Kier alpha value is -2.71. The maximum atomic E-state index is 12.0. The summed E-state index contributed by atoms with van der Waals surface area (Å²) in [5, 5.41) is 21.5. The molecule has 0 aliphatic rings. The molecule has 0 radical (unpaired) electrons. The normalized spacial score (nSPS) is 9.80. The quantitative estimate of drug-likeness (QED) is 0.584. The van der Waals surface area contributed by atoms with Crippen molar-refractivity contribution >= 4 is 28.9 Å². The van der Waals surface area contributed by atoms with Gasteiger partial charge in [-0.2, -0.15) is 5.26 Å². The molecule has 0 atom stereocenters. The zero-order chi connectivity index (χ0) is 14.7. The number of nitriles is 1. The number of nitrogens with one attached hydrogen (secondary N) is 1. The van der Waals surface area contributed by atoms with Gasteiger partial charge in [0.15, 0.2) is 5.75 Å². The number of benzene rings is 2. The van der Waals surface area contributed by atoms with E-state index in [4.69, 9.17) is 22.6 Å². The van der Waals surface area contributed by atoms with Gasteiger partial charge in [-0.05, 0) is 30.3 Å². The number of phenolic OH excluding ortho intramolecular Hbond substituents is 1. The average molecular weight is 288 g/mol. The highest BCUT2D eigenvalue weighted by Crippen LogP contribution is 2.26. The smallest absolute Gasteiger partial charge is 0.259 e. The Kier molecular flexibility index (Phi) is 3.78. The van der Waals surface area contributed by atoms with Gasteiger partial charge >= 0.3 is 0 Å². The molecular weight excluding hydrogens is 278 g/mol. The number of anilines is 2. The molecule has 6 heteroatoms. The third-order valence-electron chi connectivity index (χ3n) is 2.66. The molecule has 0 fully saturated rings. The Bertz CT molecular complexity index is 723. The molecule has 20 heavy (non-hydrogen) atoms. The first kappa shape index (κ1) is 13.7. The molecule has 2 aromatic carbocycles. The maximum absolute atomic E-state index is 12.0. The van der Waals surface area contributed by atoms with Crippen molar-refractivity contribution in [3.63, 3.8) is 0 Å². The van der Waals surface area contributed by atoms with E-state index >= 15 is 0 Å². The summed E-state index contributed by atoms with van der Waals surface area (Å²) in [7, 11) is 0. The predicted octanol–water partition coefficient (Wildman–Crippen LogP) is 2.75. The lowest BCUT2D eigenvalue weighted by Crippen LogP contribution is -2.12. The summed E-state index contributed by atoms with van der Waals surface area (Å²) < 4.78 is 0. The van der Waals surface area contributed by atoms with Gasteiger partial charge in [-0.15, -0.1) is 0 Å². The van der Waals surface area contributed by atoms with Crippen LogP contribution in [0.4, 0.5) is 11.4 Å². The number of para-hydroxylation sites is 1. The summed E-state index contributed by atoms with van der Waals surface area (Å²) in [5.74, 6) is -0.805. The fraction of sp³-hybridized carbons (Fsp3) is 0. The van der Waals surface area contributed by atoms with Crippen LogP contribution in [0.1, 0.15) is 15.9 Å². The largest absolute Gasteiger partial charge is 0.505 e. The molecule has 2 aromatic rings. The second-order valence-electron chi connectivity index (χ2n) is 4.00. The highest BCUT2D eigenvalue weighted by atomic mass is 35.5. The molecule has 0 aromatic heterocycles. The highest BCUT2D eigenvalue weighted by molar-refractivity contribution is 6.31. The van der Waals surface area contributed by atoms with Crippen molar-refractivity contribution in [1.82, 2.24) is 0 Å². The number of amides is 1. The SMILES string of the molecule is N#Cc1cc(NC(=O)c2cccc(N)c2O)ccc1Cl. The molecule has 100 valence electrons. The maximum Gasteiger partial charge on any atom is 0.259 e. The van der Waals surface area contributed by atoms with Gasteiger partial charge in [-0.1, -0.05) is 17.7 Å². The molecule has 0 heterocycles. The van der Waals surface area contributed by atoms with Gasteiger partial charge in [0.25, 0.3) is 5.91 Å². The molecule has 2 rings (SSSR count). The van der Waals surface area contributed by atoms with Crippen molar-refractivity contribution in [2.24, 2.45) is 0 Å².